The van der Waals surface area contributed by atoms with E-state index in [0.29, 0.717) is 0 Å². The molecule has 0 amide bonds. The lowest BCUT2D eigenvalue weighted by Gasteiger charge is -2.32. The van der Waals surface area contributed by atoms with Crippen molar-refractivity contribution in [2.45, 2.75) is 20.8 Å². The third kappa shape index (κ3) is 6.32. The first-order valence-corrected chi connectivity index (χ1v) is 16.2. The molecule has 0 bridgehead atoms. The van der Waals surface area contributed by atoms with Gasteiger partial charge < -0.3 is 10.2 Å². The minimum Gasteiger partial charge on any atom is -0.353 e. The van der Waals surface area contributed by atoms with Crippen LogP contribution in [0.3, 0.4) is 0 Å². The summed E-state index contributed by atoms with van der Waals surface area (Å²) in [6, 6.07) is 60.9. The molecule has 7 rings (SSSR count). The van der Waals surface area contributed by atoms with Crippen LogP contribution in [-0.4, -0.2) is 0 Å². The fourth-order valence-corrected chi connectivity index (χ4v) is 6.45. The van der Waals surface area contributed by atoms with Gasteiger partial charge >= 0.3 is 0 Å². The Morgan fingerprint density at radius 2 is 0.851 bits per heavy atom. The van der Waals surface area contributed by atoms with E-state index in [1.165, 1.54) is 38.9 Å². The van der Waals surface area contributed by atoms with E-state index in [1.54, 1.807) is 0 Å². The Labute approximate surface area is 278 Å². The number of anilines is 5. The topological polar surface area (TPSA) is 15.3 Å². The van der Waals surface area contributed by atoms with Crippen molar-refractivity contribution in [2.24, 2.45) is 0 Å². The van der Waals surface area contributed by atoms with Gasteiger partial charge in [0.2, 0.25) is 0 Å². The lowest BCUT2D eigenvalue weighted by atomic mass is 9.84. The van der Waals surface area contributed by atoms with Crippen LogP contribution in [0.1, 0.15) is 16.7 Å². The van der Waals surface area contributed by atoms with Gasteiger partial charge in [-0.25, -0.2) is 0 Å². The molecule has 0 spiro atoms. The SMILES string of the molecule is Cc1cccc(-c2cc(N(c3ccccc3)c3ccccc3)c(Nc3ccccc3)c(-c3cccc(C)c3)c2-c2cccc(C)c2)c1. The molecule has 0 saturated carbocycles. The zero-order valence-corrected chi connectivity index (χ0v) is 27.1. The lowest BCUT2D eigenvalue weighted by molar-refractivity contribution is 1.28. The fraction of sp³-hybridized carbons (Fsp3) is 0.0667. The van der Waals surface area contributed by atoms with Crippen molar-refractivity contribution >= 4 is 28.4 Å². The molecule has 1 N–H and O–H groups in total. The third-order valence-electron chi connectivity index (χ3n) is 8.56. The van der Waals surface area contributed by atoms with Crippen molar-refractivity contribution in [1.82, 2.24) is 0 Å². The van der Waals surface area contributed by atoms with Gasteiger partial charge in [0.25, 0.3) is 0 Å². The van der Waals surface area contributed by atoms with Crippen LogP contribution in [0, 0.1) is 20.8 Å². The molecule has 0 aliphatic rings. The fourth-order valence-electron chi connectivity index (χ4n) is 6.45. The molecule has 0 aliphatic heterocycles. The molecule has 7 aromatic rings. The lowest BCUT2D eigenvalue weighted by Crippen LogP contribution is -2.13. The summed E-state index contributed by atoms with van der Waals surface area (Å²) in [6.45, 7) is 6.52. The Morgan fingerprint density at radius 3 is 1.36 bits per heavy atom. The van der Waals surface area contributed by atoms with E-state index in [2.05, 4.69) is 201 Å². The van der Waals surface area contributed by atoms with Crippen molar-refractivity contribution in [3.8, 4) is 33.4 Å². The third-order valence-corrected chi connectivity index (χ3v) is 8.56. The Hall–Kier alpha value is -5.86. The molecule has 0 unspecified atom stereocenters. The summed E-state index contributed by atoms with van der Waals surface area (Å²) < 4.78 is 0. The molecule has 0 radical (unpaired) electrons. The Kier molecular flexibility index (Phi) is 8.41. The van der Waals surface area contributed by atoms with Gasteiger partial charge in [-0.3, -0.25) is 0 Å². The number of nitrogens with zero attached hydrogens (tertiary/aromatic N) is 1. The molecule has 7 aromatic carbocycles. The Balaban J connectivity index is 1.69. The highest BCUT2D eigenvalue weighted by Gasteiger charge is 2.26. The highest BCUT2D eigenvalue weighted by atomic mass is 15.2. The maximum absolute atomic E-state index is 3.95. The monoisotopic (exact) mass is 606 g/mol. The van der Waals surface area contributed by atoms with E-state index < -0.39 is 0 Å². The first-order valence-electron chi connectivity index (χ1n) is 16.2. The summed E-state index contributed by atoms with van der Waals surface area (Å²) in [6.07, 6.45) is 0. The van der Waals surface area contributed by atoms with E-state index in [4.69, 9.17) is 0 Å². The minimum atomic E-state index is 1.03. The second-order valence-electron chi connectivity index (χ2n) is 12.2. The van der Waals surface area contributed by atoms with Crippen LogP contribution in [0.4, 0.5) is 28.4 Å². The summed E-state index contributed by atoms with van der Waals surface area (Å²) in [5.74, 6) is 0. The first kappa shape index (κ1) is 29.8. The highest BCUT2D eigenvalue weighted by molar-refractivity contribution is 6.07. The van der Waals surface area contributed by atoms with Gasteiger partial charge in [-0.15, -0.1) is 0 Å². The molecule has 0 aromatic heterocycles. The molecule has 0 aliphatic carbocycles. The van der Waals surface area contributed by atoms with Gasteiger partial charge in [-0.2, -0.15) is 0 Å². The number of aryl methyl sites for hydroxylation is 3. The van der Waals surface area contributed by atoms with Crippen LogP contribution in [0.2, 0.25) is 0 Å². The molecule has 0 atom stereocenters. The van der Waals surface area contributed by atoms with Crippen LogP contribution in [-0.2, 0) is 0 Å². The standard InChI is InChI=1S/C45H38N2/c1-32-16-13-19-35(28-32)41-31-42(47(39-24-9-5-10-25-39)40-26-11-6-12-27-40)45(46-38-22-7-4-8-23-38)44(37-21-15-18-34(3)30-37)43(41)36-20-14-17-33(2)29-36/h4-31,46H,1-3H3. The van der Waals surface area contributed by atoms with Crippen molar-refractivity contribution in [3.05, 3.63) is 187 Å². The number of nitrogens with one attached hydrogen (secondary N) is 1. The number of rotatable bonds is 8. The molecule has 2 heteroatoms. The largest absolute Gasteiger partial charge is 0.353 e. The molecule has 0 saturated heterocycles. The van der Waals surface area contributed by atoms with Crippen LogP contribution in [0.5, 0.6) is 0 Å². The number of hydrogen-bond donors (Lipinski definition) is 1. The van der Waals surface area contributed by atoms with E-state index >= 15 is 0 Å². The van der Waals surface area contributed by atoms with Crippen molar-refractivity contribution in [3.63, 3.8) is 0 Å². The molecule has 0 fully saturated rings. The molecular formula is C45H38N2. The molecular weight excluding hydrogens is 569 g/mol. The van der Waals surface area contributed by atoms with Gasteiger partial charge in [-0.1, -0.05) is 144 Å². The van der Waals surface area contributed by atoms with E-state index in [-0.39, 0.29) is 0 Å². The van der Waals surface area contributed by atoms with E-state index in [9.17, 15) is 0 Å². The maximum atomic E-state index is 3.95. The summed E-state index contributed by atoms with van der Waals surface area (Å²) in [7, 11) is 0. The zero-order valence-electron chi connectivity index (χ0n) is 27.1. The highest BCUT2D eigenvalue weighted by Crippen LogP contribution is 2.52. The van der Waals surface area contributed by atoms with Crippen LogP contribution >= 0.6 is 0 Å². The van der Waals surface area contributed by atoms with Crippen LogP contribution < -0.4 is 10.2 Å². The number of hydrogen-bond acceptors (Lipinski definition) is 2. The molecule has 228 valence electrons. The van der Waals surface area contributed by atoms with Crippen molar-refractivity contribution in [1.29, 1.82) is 0 Å². The molecule has 0 heterocycles. The van der Waals surface area contributed by atoms with Gasteiger partial charge in [0, 0.05) is 22.6 Å². The van der Waals surface area contributed by atoms with Gasteiger partial charge in [0.15, 0.2) is 0 Å². The van der Waals surface area contributed by atoms with Gasteiger partial charge in [0.05, 0.1) is 11.4 Å². The van der Waals surface area contributed by atoms with E-state index in [0.717, 1.165) is 39.6 Å². The number of benzene rings is 7. The second-order valence-corrected chi connectivity index (χ2v) is 12.2. The van der Waals surface area contributed by atoms with Crippen molar-refractivity contribution in [2.75, 3.05) is 10.2 Å². The quantitative estimate of drug-likeness (QED) is 0.185. The van der Waals surface area contributed by atoms with Crippen LogP contribution in [0.15, 0.2) is 170 Å². The number of para-hydroxylation sites is 3. The Morgan fingerprint density at radius 1 is 0.404 bits per heavy atom. The van der Waals surface area contributed by atoms with Crippen molar-refractivity contribution < 1.29 is 0 Å². The average molecular weight is 607 g/mol. The molecule has 2 nitrogen and oxygen atoms in total. The summed E-state index contributed by atoms with van der Waals surface area (Å²) >= 11 is 0. The smallest absolute Gasteiger partial charge is 0.0715 e. The zero-order chi connectivity index (χ0) is 32.2. The van der Waals surface area contributed by atoms with Gasteiger partial charge in [-0.05, 0) is 91.1 Å². The van der Waals surface area contributed by atoms with Gasteiger partial charge in [0.1, 0.15) is 0 Å². The summed E-state index contributed by atoms with van der Waals surface area (Å²) in [5, 5.41) is 3.95. The predicted octanol–water partition coefficient (Wildman–Crippen LogP) is 12.8. The van der Waals surface area contributed by atoms with Crippen LogP contribution in [0.25, 0.3) is 33.4 Å². The Bertz CT molecular complexity index is 2090. The predicted molar refractivity (Wildman–Crippen MR) is 201 cm³/mol. The first-order chi connectivity index (χ1) is 23.0. The summed E-state index contributed by atoms with van der Waals surface area (Å²) in [5.41, 5.74) is 16.1. The summed E-state index contributed by atoms with van der Waals surface area (Å²) in [4.78, 5) is 2.38. The normalized spacial score (nSPS) is 10.9. The molecule has 47 heavy (non-hydrogen) atoms. The van der Waals surface area contributed by atoms with E-state index in [1.807, 2.05) is 0 Å². The average Bonchev–Trinajstić information content (AvgIpc) is 3.10. The second kappa shape index (κ2) is 13.2. The minimum absolute atomic E-state index is 1.03. The maximum Gasteiger partial charge on any atom is 0.0715 e.